The minimum atomic E-state index is -0.447. The van der Waals surface area contributed by atoms with Crippen molar-refractivity contribution < 1.29 is 18.3 Å². The number of fused-ring (bicyclic) bond motifs is 1. The van der Waals surface area contributed by atoms with Crippen LogP contribution in [-0.2, 0) is 5.75 Å². The van der Waals surface area contributed by atoms with Crippen LogP contribution < -0.4 is 9.47 Å². The molecule has 1 unspecified atom stereocenters. The van der Waals surface area contributed by atoms with Crippen LogP contribution >= 0.6 is 27.7 Å². The number of hydrogen-bond acceptors (Lipinski definition) is 9. The first-order chi connectivity index (χ1) is 14.3. The van der Waals surface area contributed by atoms with E-state index in [1.165, 1.54) is 11.8 Å². The SMILES string of the molecule is Brc1ccccc1-c1nnc(CSc2nnc(C3COc4ccccc4O3)o2)o1. The van der Waals surface area contributed by atoms with Crippen molar-refractivity contribution >= 4 is 27.7 Å². The number of para-hydroxylation sites is 2. The highest BCUT2D eigenvalue weighted by atomic mass is 79.9. The standard InChI is InChI=1S/C19H13BrN4O4S/c20-12-6-2-1-5-11(12)17-22-21-16(27-17)10-29-19-24-23-18(28-19)15-9-25-13-7-3-4-8-14(13)26-15/h1-8,15H,9-10H2. The second kappa shape index (κ2) is 7.88. The molecule has 8 nitrogen and oxygen atoms in total. The number of nitrogens with zero attached hydrogens (tertiary/aromatic N) is 4. The van der Waals surface area contributed by atoms with Crippen molar-refractivity contribution in [2.24, 2.45) is 0 Å². The molecule has 4 aromatic rings. The van der Waals surface area contributed by atoms with Gasteiger partial charge in [0.15, 0.2) is 11.5 Å². The van der Waals surface area contributed by atoms with Gasteiger partial charge in [0, 0.05) is 4.47 Å². The zero-order valence-electron chi connectivity index (χ0n) is 14.8. The van der Waals surface area contributed by atoms with Gasteiger partial charge in [-0.15, -0.1) is 20.4 Å². The fraction of sp³-hybridized carbons (Fsp3) is 0.158. The van der Waals surface area contributed by atoms with E-state index in [2.05, 4.69) is 36.3 Å². The second-order valence-electron chi connectivity index (χ2n) is 6.04. The minimum absolute atomic E-state index is 0.308. The predicted octanol–water partition coefficient (Wildman–Crippen LogP) is 4.69. The minimum Gasteiger partial charge on any atom is -0.485 e. The number of ether oxygens (including phenoxy) is 2. The molecule has 3 heterocycles. The van der Waals surface area contributed by atoms with Gasteiger partial charge in [-0.25, -0.2) is 0 Å². The summed E-state index contributed by atoms with van der Waals surface area (Å²) in [4.78, 5) is 0. The van der Waals surface area contributed by atoms with Crippen LogP contribution in [0.3, 0.4) is 0 Å². The van der Waals surface area contributed by atoms with Crippen LogP contribution in [0.2, 0.25) is 0 Å². The summed E-state index contributed by atoms with van der Waals surface area (Å²) in [5, 5.41) is 16.7. The zero-order chi connectivity index (χ0) is 19.6. The largest absolute Gasteiger partial charge is 0.485 e. The van der Waals surface area contributed by atoms with Crippen molar-refractivity contribution in [3.63, 3.8) is 0 Å². The maximum atomic E-state index is 5.88. The molecule has 1 aliphatic rings. The molecule has 146 valence electrons. The van der Waals surface area contributed by atoms with E-state index in [1.807, 2.05) is 48.5 Å². The number of thioether (sulfide) groups is 1. The molecular formula is C19H13BrN4O4S. The summed E-state index contributed by atoms with van der Waals surface area (Å²) in [6, 6.07) is 15.1. The monoisotopic (exact) mass is 472 g/mol. The third kappa shape index (κ3) is 3.85. The molecule has 2 aromatic heterocycles. The van der Waals surface area contributed by atoms with Crippen LogP contribution in [0, 0.1) is 0 Å². The van der Waals surface area contributed by atoms with Crippen molar-refractivity contribution in [2.45, 2.75) is 17.1 Å². The van der Waals surface area contributed by atoms with E-state index in [-0.39, 0.29) is 0 Å². The highest BCUT2D eigenvalue weighted by Gasteiger charge is 2.27. The van der Waals surface area contributed by atoms with E-state index in [0.717, 1.165) is 10.0 Å². The van der Waals surface area contributed by atoms with Crippen molar-refractivity contribution in [2.75, 3.05) is 6.61 Å². The van der Waals surface area contributed by atoms with Crippen LogP contribution in [0.1, 0.15) is 17.9 Å². The molecule has 1 aliphatic heterocycles. The highest BCUT2D eigenvalue weighted by molar-refractivity contribution is 9.10. The Morgan fingerprint density at radius 3 is 2.66 bits per heavy atom. The van der Waals surface area contributed by atoms with E-state index in [9.17, 15) is 0 Å². The number of benzene rings is 2. The van der Waals surface area contributed by atoms with E-state index in [4.69, 9.17) is 18.3 Å². The Hall–Kier alpha value is -2.85. The summed E-state index contributed by atoms with van der Waals surface area (Å²) in [6.07, 6.45) is -0.447. The lowest BCUT2D eigenvalue weighted by atomic mass is 10.2. The van der Waals surface area contributed by atoms with Gasteiger partial charge in [-0.2, -0.15) is 0 Å². The van der Waals surface area contributed by atoms with Crippen LogP contribution in [0.4, 0.5) is 0 Å². The van der Waals surface area contributed by atoms with Gasteiger partial charge in [0.2, 0.25) is 17.9 Å². The quantitative estimate of drug-likeness (QED) is 0.383. The third-order valence-corrected chi connectivity index (χ3v) is 5.59. The summed E-state index contributed by atoms with van der Waals surface area (Å²) in [7, 11) is 0. The van der Waals surface area contributed by atoms with Crippen LogP contribution in [-0.4, -0.2) is 27.0 Å². The summed E-state index contributed by atoms with van der Waals surface area (Å²) in [6.45, 7) is 0.308. The van der Waals surface area contributed by atoms with Crippen LogP contribution in [0.5, 0.6) is 11.5 Å². The molecule has 0 radical (unpaired) electrons. The molecule has 0 saturated heterocycles. The Kier molecular flexibility index (Phi) is 4.94. The molecule has 0 saturated carbocycles. The van der Waals surface area contributed by atoms with Crippen molar-refractivity contribution in [1.82, 2.24) is 20.4 Å². The molecule has 5 rings (SSSR count). The van der Waals surface area contributed by atoms with E-state index < -0.39 is 6.10 Å². The topological polar surface area (TPSA) is 96.3 Å². The van der Waals surface area contributed by atoms with Gasteiger partial charge in [-0.1, -0.05) is 36.0 Å². The maximum absolute atomic E-state index is 5.88. The number of hydrogen-bond donors (Lipinski definition) is 0. The lowest BCUT2D eigenvalue weighted by Crippen LogP contribution is -2.21. The number of aromatic nitrogens is 4. The van der Waals surface area contributed by atoms with Gasteiger partial charge in [0.25, 0.3) is 11.1 Å². The first kappa shape index (κ1) is 18.2. The van der Waals surface area contributed by atoms with Gasteiger partial charge in [-0.05, 0) is 40.2 Å². The van der Waals surface area contributed by atoms with Crippen LogP contribution in [0.15, 0.2) is 67.1 Å². The third-order valence-electron chi connectivity index (χ3n) is 4.10. The summed E-state index contributed by atoms with van der Waals surface area (Å²) in [5.41, 5.74) is 0.839. The first-order valence-electron chi connectivity index (χ1n) is 8.68. The molecule has 0 N–H and O–H groups in total. The van der Waals surface area contributed by atoms with Gasteiger partial charge >= 0.3 is 0 Å². The van der Waals surface area contributed by atoms with E-state index in [1.54, 1.807) is 0 Å². The lowest BCUT2D eigenvalue weighted by Gasteiger charge is -2.23. The molecular weight excluding hydrogens is 460 g/mol. The zero-order valence-corrected chi connectivity index (χ0v) is 17.2. The average Bonchev–Trinajstić information content (AvgIpc) is 3.42. The molecule has 0 spiro atoms. The molecule has 0 amide bonds. The molecule has 0 aliphatic carbocycles. The Balaban J connectivity index is 1.23. The Morgan fingerprint density at radius 2 is 1.76 bits per heavy atom. The number of rotatable bonds is 5. The molecule has 10 heteroatoms. The van der Waals surface area contributed by atoms with Gasteiger partial charge in [0.05, 0.1) is 11.3 Å². The Morgan fingerprint density at radius 1 is 0.931 bits per heavy atom. The van der Waals surface area contributed by atoms with E-state index in [0.29, 0.717) is 46.8 Å². The van der Waals surface area contributed by atoms with Crippen molar-refractivity contribution in [1.29, 1.82) is 0 Å². The van der Waals surface area contributed by atoms with Gasteiger partial charge in [0.1, 0.15) is 6.61 Å². The van der Waals surface area contributed by atoms with E-state index >= 15 is 0 Å². The predicted molar refractivity (Wildman–Crippen MR) is 107 cm³/mol. The average molecular weight is 473 g/mol. The fourth-order valence-corrected chi connectivity index (χ4v) is 3.79. The first-order valence-corrected chi connectivity index (χ1v) is 10.5. The number of halogens is 1. The Bertz CT molecular complexity index is 1150. The smallest absolute Gasteiger partial charge is 0.277 e. The van der Waals surface area contributed by atoms with Gasteiger partial charge in [-0.3, -0.25) is 0 Å². The van der Waals surface area contributed by atoms with Crippen molar-refractivity contribution in [3.8, 4) is 23.0 Å². The molecule has 0 fully saturated rings. The molecule has 1 atom stereocenters. The van der Waals surface area contributed by atoms with Gasteiger partial charge < -0.3 is 18.3 Å². The summed E-state index contributed by atoms with van der Waals surface area (Å²) in [5.74, 6) is 3.04. The van der Waals surface area contributed by atoms with Crippen LogP contribution in [0.25, 0.3) is 11.5 Å². The maximum Gasteiger partial charge on any atom is 0.277 e. The normalized spacial score (nSPS) is 15.4. The lowest BCUT2D eigenvalue weighted by molar-refractivity contribution is 0.0686. The second-order valence-corrected chi connectivity index (χ2v) is 7.82. The fourth-order valence-electron chi connectivity index (χ4n) is 2.73. The summed E-state index contributed by atoms with van der Waals surface area (Å²) >= 11 is 4.79. The molecule has 0 bridgehead atoms. The molecule has 29 heavy (non-hydrogen) atoms. The Labute approximate surface area is 177 Å². The van der Waals surface area contributed by atoms with Crippen molar-refractivity contribution in [3.05, 3.63) is 64.8 Å². The highest BCUT2D eigenvalue weighted by Crippen LogP contribution is 2.36. The summed E-state index contributed by atoms with van der Waals surface area (Å²) < 4.78 is 23.9. The molecule has 2 aromatic carbocycles.